The van der Waals surface area contributed by atoms with E-state index in [4.69, 9.17) is 0 Å². The molecule has 4 rings (SSSR count). The standard InChI is InChI=1S/C22H19N3O/c1-15-7-8-16-9-10-19(22(26)21(16)24-15)20(17-11-13-23-14-12-17)25-18-5-3-2-4-6-18/h2-14,20,25-26H,1H3. The van der Waals surface area contributed by atoms with Gasteiger partial charge in [-0.25, -0.2) is 4.98 Å². The van der Waals surface area contributed by atoms with Crippen LogP contribution in [0.15, 0.2) is 79.1 Å². The Morgan fingerprint density at radius 2 is 1.62 bits per heavy atom. The number of anilines is 1. The number of nitrogens with zero attached hydrogens (tertiary/aromatic N) is 2. The quantitative estimate of drug-likeness (QED) is 0.557. The molecule has 0 amide bonds. The lowest BCUT2D eigenvalue weighted by Crippen LogP contribution is -2.13. The van der Waals surface area contributed by atoms with Gasteiger partial charge in [0.05, 0.1) is 6.04 Å². The average Bonchev–Trinajstić information content (AvgIpc) is 2.69. The Kier molecular flexibility index (Phi) is 4.23. The fraction of sp³-hybridized carbons (Fsp3) is 0.0909. The number of phenols is 1. The van der Waals surface area contributed by atoms with Gasteiger partial charge < -0.3 is 10.4 Å². The molecule has 2 aromatic carbocycles. The summed E-state index contributed by atoms with van der Waals surface area (Å²) in [6.07, 6.45) is 3.52. The largest absolute Gasteiger partial charge is 0.505 e. The molecule has 0 saturated carbocycles. The zero-order chi connectivity index (χ0) is 17.9. The summed E-state index contributed by atoms with van der Waals surface area (Å²) in [6, 6.07) is 21.5. The first-order valence-electron chi connectivity index (χ1n) is 8.53. The molecule has 128 valence electrons. The van der Waals surface area contributed by atoms with E-state index in [1.807, 2.05) is 73.7 Å². The monoisotopic (exact) mass is 341 g/mol. The minimum atomic E-state index is -0.216. The average molecular weight is 341 g/mol. The van der Waals surface area contributed by atoms with E-state index in [-0.39, 0.29) is 11.8 Å². The highest BCUT2D eigenvalue weighted by Crippen LogP contribution is 2.36. The molecule has 0 saturated heterocycles. The van der Waals surface area contributed by atoms with Crippen molar-refractivity contribution in [1.82, 2.24) is 9.97 Å². The van der Waals surface area contributed by atoms with Crippen molar-refractivity contribution in [2.75, 3.05) is 5.32 Å². The first kappa shape index (κ1) is 16.1. The van der Waals surface area contributed by atoms with Crippen LogP contribution in [-0.2, 0) is 0 Å². The van der Waals surface area contributed by atoms with Crippen LogP contribution in [0.2, 0.25) is 0 Å². The second-order valence-electron chi connectivity index (χ2n) is 6.25. The van der Waals surface area contributed by atoms with Gasteiger partial charge in [0, 0.05) is 34.7 Å². The number of benzene rings is 2. The summed E-state index contributed by atoms with van der Waals surface area (Å²) in [5.41, 5.74) is 4.28. The molecule has 4 aromatic rings. The van der Waals surface area contributed by atoms with E-state index in [1.165, 1.54) is 0 Å². The molecular formula is C22H19N3O. The molecule has 0 radical (unpaired) electrons. The predicted octanol–water partition coefficient (Wildman–Crippen LogP) is 4.85. The van der Waals surface area contributed by atoms with Crippen molar-refractivity contribution < 1.29 is 5.11 Å². The van der Waals surface area contributed by atoms with Gasteiger partial charge in [0.25, 0.3) is 0 Å². The topological polar surface area (TPSA) is 58.0 Å². The molecular weight excluding hydrogens is 322 g/mol. The van der Waals surface area contributed by atoms with E-state index in [9.17, 15) is 5.11 Å². The molecule has 2 heterocycles. The fourth-order valence-electron chi connectivity index (χ4n) is 3.12. The highest BCUT2D eigenvalue weighted by molar-refractivity contribution is 5.86. The number of aromatic nitrogens is 2. The molecule has 4 nitrogen and oxygen atoms in total. The number of hydrogen-bond acceptors (Lipinski definition) is 4. The Morgan fingerprint density at radius 3 is 2.38 bits per heavy atom. The van der Waals surface area contributed by atoms with Crippen LogP contribution in [0, 0.1) is 6.92 Å². The van der Waals surface area contributed by atoms with Crippen LogP contribution in [0.3, 0.4) is 0 Å². The molecule has 0 fully saturated rings. The highest BCUT2D eigenvalue weighted by Gasteiger charge is 2.20. The third-order valence-corrected chi connectivity index (χ3v) is 4.44. The molecule has 0 spiro atoms. The van der Waals surface area contributed by atoms with Crippen molar-refractivity contribution in [3.8, 4) is 5.75 Å². The lowest BCUT2D eigenvalue weighted by molar-refractivity contribution is 0.471. The van der Waals surface area contributed by atoms with Crippen molar-refractivity contribution in [2.24, 2.45) is 0 Å². The zero-order valence-corrected chi connectivity index (χ0v) is 14.4. The number of aromatic hydroxyl groups is 1. The van der Waals surface area contributed by atoms with E-state index in [0.717, 1.165) is 27.9 Å². The predicted molar refractivity (Wildman–Crippen MR) is 104 cm³/mol. The summed E-state index contributed by atoms with van der Waals surface area (Å²) < 4.78 is 0. The van der Waals surface area contributed by atoms with Gasteiger partial charge >= 0.3 is 0 Å². The summed E-state index contributed by atoms with van der Waals surface area (Å²) in [7, 11) is 0. The number of aryl methyl sites for hydroxylation is 1. The Bertz CT molecular complexity index is 1030. The third kappa shape index (κ3) is 3.09. The van der Waals surface area contributed by atoms with Crippen molar-refractivity contribution >= 4 is 16.6 Å². The summed E-state index contributed by atoms with van der Waals surface area (Å²) in [6.45, 7) is 1.92. The van der Waals surface area contributed by atoms with Crippen molar-refractivity contribution in [3.05, 3.63) is 95.9 Å². The van der Waals surface area contributed by atoms with Crippen molar-refractivity contribution in [2.45, 2.75) is 13.0 Å². The van der Waals surface area contributed by atoms with Gasteiger partial charge in [-0.2, -0.15) is 0 Å². The second kappa shape index (κ2) is 6.84. The third-order valence-electron chi connectivity index (χ3n) is 4.44. The van der Waals surface area contributed by atoms with Gasteiger partial charge in [0.15, 0.2) is 0 Å². The van der Waals surface area contributed by atoms with Crippen LogP contribution < -0.4 is 5.32 Å². The minimum Gasteiger partial charge on any atom is -0.505 e. The SMILES string of the molecule is Cc1ccc2ccc(C(Nc3ccccc3)c3ccncc3)c(O)c2n1. The second-order valence-corrected chi connectivity index (χ2v) is 6.25. The number of rotatable bonds is 4. The first-order valence-corrected chi connectivity index (χ1v) is 8.53. The smallest absolute Gasteiger partial charge is 0.147 e. The molecule has 0 aliphatic heterocycles. The maximum atomic E-state index is 11.0. The lowest BCUT2D eigenvalue weighted by atomic mass is 9.96. The summed E-state index contributed by atoms with van der Waals surface area (Å²) >= 11 is 0. The summed E-state index contributed by atoms with van der Waals surface area (Å²) in [5.74, 6) is 0.205. The van der Waals surface area contributed by atoms with Crippen LogP contribution >= 0.6 is 0 Å². The van der Waals surface area contributed by atoms with Crippen molar-refractivity contribution in [1.29, 1.82) is 0 Å². The van der Waals surface area contributed by atoms with Crippen LogP contribution in [0.25, 0.3) is 10.9 Å². The van der Waals surface area contributed by atoms with Crippen molar-refractivity contribution in [3.63, 3.8) is 0 Å². The van der Waals surface area contributed by atoms with Gasteiger partial charge in [-0.05, 0) is 42.8 Å². The Labute approximate surface area is 152 Å². The molecule has 2 aromatic heterocycles. The van der Waals surface area contributed by atoms with E-state index >= 15 is 0 Å². The number of fused-ring (bicyclic) bond motifs is 1. The molecule has 0 bridgehead atoms. The number of pyridine rings is 2. The van der Waals surface area contributed by atoms with Gasteiger partial charge in [-0.15, -0.1) is 0 Å². The lowest BCUT2D eigenvalue weighted by Gasteiger charge is -2.22. The van der Waals surface area contributed by atoms with E-state index < -0.39 is 0 Å². The van der Waals surface area contributed by atoms with Crippen LogP contribution in [-0.4, -0.2) is 15.1 Å². The van der Waals surface area contributed by atoms with E-state index in [2.05, 4.69) is 15.3 Å². The normalized spacial score (nSPS) is 12.0. The molecule has 26 heavy (non-hydrogen) atoms. The molecule has 4 heteroatoms. The van der Waals surface area contributed by atoms with Gasteiger partial charge in [-0.1, -0.05) is 36.4 Å². The Balaban J connectivity index is 1.86. The van der Waals surface area contributed by atoms with Gasteiger partial charge in [0.2, 0.25) is 0 Å². The number of phenolic OH excluding ortho intramolecular Hbond substituents is 1. The maximum Gasteiger partial charge on any atom is 0.147 e. The Morgan fingerprint density at radius 1 is 0.885 bits per heavy atom. The van der Waals surface area contributed by atoms with Crippen LogP contribution in [0.1, 0.15) is 22.9 Å². The van der Waals surface area contributed by atoms with Gasteiger partial charge in [-0.3, -0.25) is 4.98 Å². The Hall–Kier alpha value is -3.40. The molecule has 2 N–H and O–H groups in total. The number of nitrogens with one attached hydrogen (secondary N) is 1. The molecule has 0 aliphatic rings. The summed E-state index contributed by atoms with van der Waals surface area (Å²) in [4.78, 5) is 8.64. The van der Waals surface area contributed by atoms with Crippen LogP contribution in [0.4, 0.5) is 5.69 Å². The molecule has 1 atom stereocenters. The number of hydrogen-bond donors (Lipinski definition) is 2. The first-order chi connectivity index (χ1) is 12.7. The number of para-hydroxylation sites is 1. The maximum absolute atomic E-state index is 11.0. The van der Waals surface area contributed by atoms with Gasteiger partial charge in [0.1, 0.15) is 11.3 Å². The van der Waals surface area contributed by atoms with Crippen LogP contribution in [0.5, 0.6) is 5.75 Å². The zero-order valence-electron chi connectivity index (χ0n) is 14.4. The molecule has 0 aliphatic carbocycles. The van der Waals surface area contributed by atoms with E-state index in [0.29, 0.717) is 5.52 Å². The minimum absolute atomic E-state index is 0.205. The molecule has 1 unspecified atom stereocenters. The fourth-order valence-corrected chi connectivity index (χ4v) is 3.12. The van der Waals surface area contributed by atoms with E-state index in [1.54, 1.807) is 12.4 Å². The summed E-state index contributed by atoms with van der Waals surface area (Å²) in [5, 5.41) is 15.4. The highest BCUT2D eigenvalue weighted by atomic mass is 16.3.